The van der Waals surface area contributed by atoms with E-state index in [2.05, 4.69) is 15.9 Å². The third-order valence-electron chi connectivity index (χ3n) is 3.37. The minimum absolute atomic E-state index is 0.0652. The van der Waals surface area contributed by atoms with Gasteiger partial charge in [0.2, 0.25) is 0 Å². The first-order valence-corrected chi connectivity index (χ1v) is 9.72. The van der Waals surface area contributed by atoms with Gasteiger partial charge in [-0.25, -0.2) is 9.59 Å². The first-order chi connectivity index (χ1) is 12.4. The van der Waals surface area contributed by atoms with Gasteiger partial charge in [0, 0.05) is 0 Å². The summed E-state index contributed by atoms with van der Waals surface area (Å²) in [6, 6.07) is 3.47. The van der Waals surface area contributed by atoms with E-state index in [9.17, 15) is 9.59 Å². The molecule has 150 valence electrons. The minimum atomic E-state index is -0.895. The van der Waals surface area contributed by atoms with Crippen LogP contribution in [0.2, 0.25) is 0 Å². The standard InChI is InChI=1S/C20H27BrO6/c1-19(2,3)26-17(22)15-12(11-24-13-8-9-13)7-10-14(21)16(15)25-18(23)27-20(4,5)6/h7,10,13H,8-9,11H2,1-6H3. The number of hydrogen-bond donors (Lipinski definition) is 0. The molecule has 0 aliphatic heterocycles. The Morgan fingerprint density at radius 2 is 1.63 bits per heavy atom. The van der Waals surface area contributed by atoms with Gasteiger partial charge in [-0.05, 0) is 81.9 Å². The molecular formula is C20H27BrO6. The average molecular weight is 443 g/mol. The summed E-state index contributed by atoms with van der Waals surface area (Å²) in [5.41, 5.74) is -0.664. The van der Waals surface area contributed by atoms with Crippen molar-refractivity contribution in [3.05, 3.63) is 27.7 Å². The maximum atomic E-state index is 12.9. The number of halogens is 1. The molecule has 1 fully saturated rings. The molecule has 0 atom stereocenters. The molecule has 0 unspecified atom stereocenters. The Bertz CT molecular complexity index is 710. The lowest BCUT2D eigenvalue weighted by Gasteiger charge is -2.23. The number of carbonyl (C=O) groups is 2. The van der Waals surface area contributed by atoms with Gasteiger partial charge in [0.05, 0.1) is 17.2 Å². The molecule has 6 nitrogen and oxygen atoms in total. The van der Waals surface area contributed by atoms with Crippen LogP contribution in [0.15, 0.2) is 16.6 Å². The van der Waals surface area contributed by atoms with Gasteiger partial charge < -0.3 is 18.9 Å². The van der Waals surface area contributed by atoms with Gasteiger partial charge in [-0.2, -0.15) is 0 Å². The van der Waals surface area contributed by atoms with Gasteiger partial charge in [-0.1, -0.05) is 6.07 Å². The van der Waals surface area contributed by atoms with Crippen molar-refractivity contribution in [1.82, 2.24) is 0 Å². The van der Waals surface area contributed by atoms with Gasteiger partial charge in [0.25, 0.3) is 0 Å². The fraction of sp³-hybridized carbons (Fsp3) is 0.600. The summed E-state index contributed by atoms with van der Waals surface area (Å²) >= 11 is 3.35. The Hall–Kier alpha value is -1.60. The molecule has 0 bridgehead atoms. The monoisotopic (exact) mass is 442 g/mol. The second-order valence-corrected chi connectivity index (χ2v) is 9.34. The van der Waals surface area contributed by atoms with Crippen LogP contribution < -0.4 is 4.74 Å². The van der Waals surface area contributed by atoms with Crippen LogP contribution in [0.1, 0.15) is 70.3 Å². The van der Waals surface area contributed by atoms with Crippen molar-refractivity contribution < 1.29 is 28.5 Å². The van der Waals surface area contributed by atoms with E-state index in [0.717, 1.165) is 12.8 Å². The maximum absolute atomic E-state index is 12.9. The Labute approximate surface area is 168 Å². The summed E-state index contributed by atoms with van der Waals surface area (Å²) < 4.78 is 22.3. The van der Waals surface area contributed by atoms with Gasteiger partial charge in [0.1, 0.15) is 16.8 Å². The highest BCUT2D eigenvalue weighted by atomic mass is 79.9. The molecule has 0 aromatic heterocycles. The van der Waals surface area contributed by atoms with Crippen LogP contribution in [0, 0.1) is 0 Å². The number of benzene rings is 1. The van der Waals surface area contributed by atoms with Crippen molar-refractivity contribution in [1.29, 1.82) is 0 Å². The number of rotatable bonds is 5. The highest BCUT2D eigenvalue weighted by Crippen LogP contribution is 2.35. The molecule has 27 heavy (non-hydrogen) atoms. The molecule has 1 aliphatic rings. The van der Waals surface area contributed by atoms with Crippen LogP contribution in [0.5, 0.6) is 5.75 Å². The average Bonchev–Trinajstić information content (AvgIpc) is 3.28. The lowest BCUT2D eigenvalue weighted by molar-refractivity contribution is 0.00544. The van der Waals surface area contributed by atoms with Crippen LogP contribution in [0.3, 0.4) is 0 Å². The number of carbonyl (C=O) groups excluding carboxylic acids is 2. The van der Waals surface area contributed by atoms with Crippen LogP contribution >= 0.6 is 15.9 Å². The smallest absolute Gasteiger partial charge is 0.456 e. The van der Waals surface area contributed by atoms with E-state index in [4.69, 9.17) is 18.9 Å². The minimum Gasteiger partial charge on any atom is -0.456 e. The van der Waals surface area contributed by atoms with E-state index in [-0.39, 0.29) is 24.0 Å². The molecule has 0 heterocycles. The van der Waals surface area contributed by atoms with Crippen LogP contribution in [0.4, 0.5) is 4.79 Å². The second-order valence-electron chi connectivity index (χ2n) is 8.49. The van der Waals surface area contributed by atoms with Crippen LogP contribution in [-0.2, 0) is 20.8 Å². The third kappa shape index (κ3) is 7.14. The quantitative estimate of drug-likeness (QED) is 0.449. The van der Waals surface area contributed by atoms with Gasteiger partial charge in [-0.3, -0.25) is 0 Å². The summed E-state index contributed by atoms with van der Waals surface area (Å²) in [7, 11) is 0. The SMILES string of the molecule is CC(C)(C)OC(=O)Oc1c(Br)ccc(COC2CC2)c1C(=O)OC(C)(C)C. The topological polar surface area (TPSA) is 71.1 Å². The Morgan fingerprint density at radius 3 is 2.15 bits per heavy atom. The normalized spacial score (nSPS) is 14.6. The first-order valence-electron chi connectivity index (χ1n) is 8.93. The molecule has 7 heteroatoms. The zero-order valence-corrected chi connectivity index (χ0v) is 18.3. The van der Waals surface area contributed by atoms with Crippen molar-refractivity contribution in [2.75, 3.05) is 0 Å². The Morgan fingerprint density at radius 1 is 1.04 bits per heavy atom. The molecule has 0 amide bonds. The maximum Gasteiger partial charge on any atom is 0.514 e. The van der Waals surface area contributed by atoms with Crippen molar-refractivity contribution >= 4 is 28.1 Å². The summed E-state index contributed by atoms with van der Waals surface area (Å²) in [5, 5.41) is 0. The Balaban J connectivity index is 2.37. The highest BCUT2D eigenvalue weighted by Gasteiger charge is 2.30. The lowest BCUT2D eigenvalue weighted by Crippen LogP contribution is -2.28. The lowest BCUT2D eigenvalue weighted by atomic mass is 10.1. The fourth-order valence-electron chi connectivity index (χ4n) is 2.17. The van der Waals surface area contributed by atoms with E-state index >= 15 is 0 Å². The molecule has 0 N–H and O–H groups in total. The predicted molar refractivity (Wildman–Crippen MR) is 104 cm³/mol. The van der Waals surface area contributed by atoms with E-state index in [1.807, 2.05) is 0 Å². The van der Waals surface area contributed by atoms with E-state index in [1.54, 1.807) is 53.7 Å². The molecule has 1 saturated carbocycles. The summed E-state index contributed by atoms with van der Waals surface area (Å²) in [5.74, 6) is -0.521. The second kappa shape index (κ2) is 8.19. The third-order valence-corrected chi connectivity index (χ3v) is 4.00. The van der Waals surface area contributed by atoms with Gasteiger partial charge in [0.15, 0.2) is 5.75 Å². The number of esters is 1. The molecule has 0 spiro atoms. The Kier molecular flexibility index (Phi) is 6.58. The molecule has 1 aromatic carbocycles. The number of ether oxygens (including phenoxy) is 4. The molecule has 0 saturated heterocycles. The molecule has 1 aliphatic carbocycles. The zero-order chi connectivity index (χ0) is 20.4. The van der Waals surface area contributed by atoms with Crippen molar-refractivity contribution in [2.45, 2.75) is 78.3 Å². The van der Waals surface area contributed by atoms with Crippen molar-refractivity contribution in [3.8, 4) is 5.75 Å². The molecule has 2 rings (SSSR count). The van der Waals surface area contributed by atoms with Crippen molar-refractivity contribution in [2.24, 2.45) is 0 Å². The van der Waals surface area contributed by atoms with Crippen LogP contribution in [-0.4, -0.2) is 29.4 Å². The highest BCUT2D eigenvalue weighted by molar-refractivity contribution is 9.10. The molecule has 0 radical (unpaired) electrons. The van der Waals surface area contributed by atoms with Gasteiger partial charge >= 0.3 is 12.1 Å². The summed E-state index contributed by atoms with van der Waals surface area (Å²) in [4.78, 5) is 25.0. The number of hydrogen-bond acceptors (Lipinski definition) is 6. The van der Waals surface area contributed by atoms with E-state index in [1.165, 1.54) is 0 Å². The fourth-order valence-corrected chi connectivity index (χ4v) is 2.58. The summed E-state index contributed by atoms with van der Waals surface area (Å²) in [6.07, 6.45) is 1.35. The van der Waals surface area contributed by atoms with E-state index in [0.29, 0.717) is 10.0 Å². The predicted octanol–water partition coefficient (Wildman–Crippen LogP) is 5.40. The van der Waals surface area contributed by atoms with Crippen molar-refractivity contribution in [3.63, 3.8) is 0 Å². The largest absolute Gasteiger partial charge is 0.514 e. The van der Waals surface area contributed by atoms with E-state index < -0.39 is 23.3 Å². The zero-order valence-electron chi connectivity index (χ0n) is 16.7. The van der Waals surface area contributed by atoms with Crippen LogP contribution in [0.25, 0.3) is 0 Å². The first kappa shape index (κ1) is 21.7. The van der Waals surface area contributed by atoms with Gasteiger partial charge in [-0.15, -0.1) is 0 Å². The molecule has 1 aromatic rings. The summed E-state index contributed by atoms with van der Waals surface area (Å²) in [6.45, 7) is 10.8. The molecular weight excluding hydrogens is 416 g/mol.